The van der Waals surface area contributed by atoms with Crippen LogP contribution in [-0.4, -0.2) is 48.6 Å². The Morgan fingerprint density at radius 2 is 1.89 bits per heavy atom. The molecular weight excluding hydrogens is 250 g/mol. The van der Waals surface area contributed by atoms with Crippen LogP contribution < -0.4 is 0 Å². The van der Waals surface area contributed by atoms with E-state index in [1.165, 1.54) is 12.0 Å². The van der Waals surface area contributed by atoms with E-state index >= 15 is 0 Å². The highest BCUT2D eigenvalue weighted by molar-refractivity contribution is 5.85. The van der Waals surface area contributed by atoms with Crippen LogP contribution in [0.5, 0.6) is 0 Å². The molecule has 0 radical (unpaired) electrons. The van der Waals surface area contributed by atoms with Crippen molar-refractivity contribution in [2.24, 2.45) is 11.8 Å². The number of esters is 1. The lowest BCUT2D eigenvalue weighted by Crippen LogP contribution is -2.37. The third-order valence-electron chi connectivity index (χ3n) is 3.63. The van der Waals surface area contributed by atoms with Crippen LogP contribution in [0.25, 0.3) is 0 Å². The highest BCUT2D eigenvalue weighted by Crippen LogP contribution is 2.33. The van der Waals surface area contributed by atoms with E-state index in [-0.39, 0.29) is 18.3 Å². The maximum absolute atomic E-state index is 12.2. The fourth-order valence-electron chi connectivity index (χ4n) is 2.51. The SMILES string of the molecule is COC(=O)CCCN(C)C(=O)C1CCCC1C(=O)O. The van der Waals surface area contributed by atoms with E-state index in [2.05, 4.69) is 4.74 Å². The normalized spacial score (nSPS) is 22.0. The molecule has 0 saturated heterocycles. The standard InChI is InChI=1S/C13H21NO5/c1-14(8-4-7-11(15)19-2)12(16)9-5-3-6-10(9)13(17)18/h9-10H,3-8H2,1-2H3,(H,17,18). The first kappa shape index (κ1) is 15.5. The predicted molar refractivity (Wildman–Crippen MR) is 67.4 cm³/mol. The van der Waals surface area contributed by atoms with Crippen molar-refractivity contribution in [3.05, 3.63) is 0 Å². The Morgan fingerprint density at radius 1 is 1.26 bits per heavy atom. The number of amides is 1. The summed E-state index contributed by atoms with van der Waals surface area (Å²) in [6, 6.07) is 0. The third-order valence-corrected chi connectivity index (χ3v) is 3.63. The minimum atomic E-state index is -0.890. The van der Waals surface area contributed by atoms with E-state index in [9.17, 15) is 14.4 Å². The summed E-state index contributed by atoms with van der Waals surface area (Å²) >= 11 is 0. The average Bonchev–Trinajstić information content (AvgIpc) is 2.86. The fourth-order valence-corrected chi connectivity index (χ4v) is 2.51. The Hall–Kier alpha value is -1.59. The number of methoxy groups -OCH3 is 1. The van der Waals surface area contributed by atoms with Crippen LogP contribution in [-0.2, 0) is 19.1 Å². The maximum atomic E-state index is 12.2. The summed E-state index contributed by atoms with van der Waals surface area (Å²) in [6.07, 6.45) is 2.78. The van der Waals surface area contributed by atoms with E-state index in [0.717, 1.165) is 6.42 Å². The molecule has 0 aromatic heterocycles. The van der Waals surface area contributed by atoms with Crippen molar-refractivity contribution in [3.8, 4) is 0 Å². The Labute approximate surface area is 112 Å². The number of carbonyl (C=O) groups is 3. The molecule has 2 unspecified atom stereocenters. The maximum Gasteiger partial charge on any atom is 0.307 e. The summed E-state index contributed by atoms with van der Waals surface area (Å²) < 4.78 is 4.52. The van der Waals surface area contributed by atoms with Gasteiger partial charge in [-0.2, -0.15) is 0 Å². The summed E-state index contributed by atoms with van der Waals surface area (Å²) in [4.78, 5) is 35.7. The Balaban J connectivity index is 2.43. The summed E-state index contributed by atoms with van der Waals surface area (Å²) in [6.45, 7) is 0.441. The van der Waals surface area contributed by atoms with Crippen LogP contribution in [0.2, 0.25) is 0 Å². The van der Waals surface area contributed by atoms with Gasteiger partial charge in [0, 0.05) is 20.0 Å². The minimum absolute atomic E-state index is 0.130. The molecule has 1 N–H and O–H groups in total. The molecule has 0 heterocycles. The largest absolute Gasteiger partial charge is 0.481 e. The Kier molecular flexibility index (Phi) is 5.79. The van der Waals surface area contributed by atoms with Crippen LogP contribution >= 0.6 is 0 Å². The van der Waals surface area contributed by atoms with Crippen molar-refractivity contribution >= 4 is 17.8 Å². The molecule has 1 fully saturated rings. The third kappa shape index (κ3) is 4.22. The van der Waals surface area contributed by atoms with Gasteiger partial charge in [0.2, 0.25) is 5.91 Å². The number of carboxylic acids is 1. The first-order valence-electron chi connectivity index (χ1n) is 6.52. The van der Waals surface area contributed by atoms with Crippen molar-refractivity contribution in [2.75, 3.05) is 20.7 Å². The van der Waals surface area contributed by atoms with Gasteiger partial charge in [-0.1, -0.05) is 6.42 Å². The van der Waals surface area contributed by atoms with Crippen molar-refractivity contribution in [3.63, 3.8) is 0 Å². The fraction of sp³-hybridized carbons (Fsp3) is 0.769. The molecule has 1 rings (SSSR count). The number of hydrogen-bond donors (Lipinski definition) is 1. The Bertz CT molecular complexity index is 355. The quantitative estimate of drug-likeness (QED) is 0.726. The van der Waals surface area contributed by atoms with E-state index in [0.29, 0.717) is 25.8 Å². The van der Waals surface area contributed by atoms with Crippen LogP contribution in [0.3, 0.4) is 0 Å². The zero-order valence-electron chi connectivity index (χ0n) is 11.4. The molecule has 19 heavy (non-hydrogen) atoms. The second kappa shape index (κ2) is 7.11. The summed E-state index contributed by atoms with van der Waals surface area (Å²) in [7, 11) is 2.98. The topological polar surface area (TPSA) is 83.9 Å². The van der Waals surface area contributed by atoms with Crippen LogP contribution in [0.15, 0.2) is 0 Å². The second-order valence-corrected chi connectivity index (χ2v) is 4.92. The number of ether oxygens (including phenoxy) is 1. The lowest BCUT2D eigenvalue weighted by molar-refractivity contribution is -0.148. The monoisotopic (exact) mass is 271 g/mol. The highest BCUT2D eigenvalue weighted by Gasteiger charge is 2.38. The van der Waals surface area contributed by atoms with Gasteiger partial charge < -0.3 is 14.7 Å². The van der Waals surface area contributed by atoms with Crippen LogP contribution in [0, 0.1) is 11.8 Å². The molecule has 1 amide bonds. The Morgan fingerprint density at radius 3 is 2.47 bits per heavy atom. The van der Waals surface area contributed by atoms with E-state index < -0.39 is 17.8 Å². The van der Waals surface area contributed by atoms with Gasteiger partial charge in [-0.15, -0.1) is 0 Å². The molecule has 1 aliphatic rings. The highest BCUT2D eigenvalue weighted by atomic mass is 16.5. The molecule has 6 nitrogen and oxygen atoms in total. The minimum Gasteiger partial charge on any atom is -0.481 e. The van der Waals surface area contributed by atoms with E-state index in [1.54, 1.807) is 7.05 Å². The molecule has 6 heteroatoms. The lowest BCUT2D eigenvalue weighted by atomic mass is 9.95. The number of aliphatic carboxylic acids is 1. The molecule has 0 aliphatic heterocycles. The van der Waals surface area contributed by atoms with Crippen molar-refractivity contribution < 1.29 is 24.2 Å². The van der Waals surface area contributed by atoms with Gasteiger partial charge in [0.25, 0.3) is 0 Å². The molecule has 0 bridgehead atoms. The van der Waals surface area contributed by atoms with Crippen LogP contribution in [0.1, 0.15) is 32.1 Å². The zero-order chi connectivity index (χ0) is 14.4. The lowest BCUT2D eigenvalue weighted by Gasteiger charge is -2.23. The predicted octanol–water partition coefficient (Wildman–Crippen LogP) is 0.899. The molecule has 1 aliphatic carbocycles. The number of rotatable bonds is 6. The molecule has 108 valence electrons. The van der Waals surface area contributed by atoms with Crippen molar-refractivity contribution in [1.82, 2.24) is 4.90 Å². The van der Waals surface area contributed by atoms with Gasteiger partial charge in [0.1, 0.15) is 0 Å². The molecule has 1 saturated carbocycles. The molecule has 0 aromatic rings. The van der Waals surface area contributed by atoms with Crippen LogP contribution in [0.4, 0.5) is 0 Å². The molecule has 0 aromatic carbocycles. The first-order chi connectivity index (χ1) is 8.97. The second-order valence-electron chi connectivity index (χ2n) is 4.92. The van der Waals surface area contributed by atoms with Gasteiger partial charge in [-0.05, 0) is 19.3 Å². The average molecular weight is 271 g/mol. The number of carboxylic acid groups (broad SMARTS) is 1. The summed E-state index contributed by atoms with van der Waals surface area (Å²) in [5.74, 6) is -2.30. The zero-order valence-corrected chi connectivity index (χ0v) is 11.4. The smallest absolute Gasteiger partial charge is 0.307 e. The van der Waals surface area contributed by atoms with E-state index in [1.807, 2.05) is 0 Å². The first-order valence-corrected chi connectivity index (χ1v) is 6.52. The summed E-state index contributed by atoms with van der Waals surface area (Å²) in [5.41, 5.74) is 0. The van der Waals surface area contributed by atoms with Gasteiger partial charge in [-0.3, -0.25) is 14.4 Å². The number of carbonyl (C=O) groups excluding carboxylic acids is 2. The van der Waals surface area contributed by atoms with E-state index in [4.69, 9.17) is 5.11 Å². The number of nitrogens with zero attached hydrogens (tertiary/aromatic N) is 1. The van der Waals surface area contributed by atoms with Crippen molar-refractivity contribution in [1.29, 1.82) is 0 Å². The molecular formula is C13H21NO5. The van der Waals surface area contributed by atoms with Gasteiger partial charge in [0.05, 0.1) is 18.9 Å². The van der Waals surface area contributed by atoms with Gasteiger partial charge in [-0.25, -0.2) is 0 Å². The van der Waals surface area contributed by atoms with Gasteiger partial charge in [0.15, 0.2) is 0 Å². The van der Waals surface area contributed by atoms with Gasteiger partial charge >= 0.3 is 11.9 Å². The van der Waals surface area contributed by atoms with Crippen molar-refractivity contribution in [2.45, 2.75) is 32.1 Å². The molecule has 0 spiro atoms. The summed E-state index contributed by atoms with van der Waals surface area (Å²) in [5, 5.41) is 9.06. The molecule has 2 atom stereocenters. The number of hydrogen-bond acceptors (Lipinski definition) is 4.